The molecule has 0 aliphatic heterocycles. The zero-order valence-corrected chi connectivity index (χ0v) is 16.6. The van der Waals surface area contributed by atoms with E-state index < -0.39 is 14.4 Å². The highest BCUT2D eigenvalue weighted by molar-refractivity contribution is 6.99. The summed E-state index contributed by atoms with van der Waals surface area (Å²) in [7, 11) is -2.63. The normalized spacial score (nSPS) is 13.5. The molecule has 1 atom stereocenters. The molecule has 0 unspecified atom stereocenters. The van der Waals surface area contributed by atoms with Crippen LogP contribution in [0.15, 0.2) is 83.5 Å². The topological polar surface area (TPSA) is 42.6 Å². The van der Waals surface area contributed by atoms with Gasteiger partial charge in [-0.25, -0.2) is 0 Å². The highest BCUT2D eigenvalue weighted by Crippen LogP contribution is 2.37. The Balaban J connectivity index is 2.05. The van der Waals surface area contributed by atoms with Gasteiger partial charge in [0.2, 0.25) is 0 Å². The first-order valence-corrected chi connectivity index (χ1v) is 10.8. The molecule has 0 bridgehead atoms. The van der Waals surface area contributed by atoms with Crippen LogP contribution in [0.5, 0.6) is 0 Å². The van der Waals surface area contributed by atoms with Crippen LogP contribution in [-0.4, -0.2) is 20.0 Å². The molecule has 0 aliphatic carbocycles. The van der Waals surface area contributed by atoms with Crippen LogP contribution >= 0.6 is 0 Å². The van der Waals surface area contributed by atoms with E-state index in [0.29, 0.717) is 5.76 Å². The molecule has 3 nitrogen and oxygen atoms in total. The van der Waals surface area contributed by atoms with Gasteiger partial charge in [0.1, 0.15) is 11.9 Å². The first kappa shape index (κ1) is 18.6. The summed E-state index contributed by atoms with van der Waals surface area (Å²) in [6.07, 6.45) is 0.785. The zero-order chi connectivity index (χ0) is 18.6. The van der Waals surface area contributed by atoms with Crippen molar-refractivity contribution in [2.75, 3.05) is 6.61 Å². The summed E-state index contributed by atoms with van der Waals surface area (Å²) in [6, 6.07) is 24.4. The molecule has 0 fully saturated rings. The smallest absolute Gasteiger partial charge is 0.261 e. The van der Waals surface area contributed by atoms with Gasteiger partial charge in [0.15, 0.2) is 0 Å². The Morgan fingerprint density at radius 2 is 1.42 bits per heavy atom. The third-order valence-electron chi connectivity index (χ3n) is 4.75. The van der Waals surface area contributed by atoms with E-state index in [1.54, 1.807) is 18.4 Å². The molecule has 1 N–H and O–H groups in total. The van der Waals surface area contributed by atoms with E-state index in [1.165, 1.54) is 10.4 Å². The Morgan fingerprint density at radius 1 is 0.885 bits per heavy atom. The number of hydrogen-bond donors (Lipinski definition) is 1. The van der Waals surface area contributed by atoms with Crippen molar-refractivity contribution in [3.63, 3.8) is 0 Å². The van der Waals surface area contributed by atoms with Crippen LogP contribution in [0.3, 0.4) is 0 Å². The monoisotopic (exact) mass is 366 g/mol. The quantitative estimate of drug-likeness (QED) is 0.673. The third kappa shape index (κ3) is 3.54. The van der Waals surface area contributed by atoms with Gasteiger partial charge in [-0.2, -0.15) is 0 Å². The minimum atomic E-state index is -2.63. The van der Waals surface area contributed by atoms with Gasteiger partial charge in [-0.15, -0.1) is 0 Å². The van der Waals surface area contributed by atoms with Crippen molar-refractivity contribution in [3.05, 3.63) is 84.8 Å². The lowest BCUT2D eigenvalue weighted by Gasteiger charge is -2.43. The molecule has 3 aromatic rings. The first-order chi connectivity index (χ1) is 12.4. The maximum Gasteiger partial charge on any atom is 0.261 e. The molecular weight excluding hydrogens is 340 g/mol. The van der Waals surface area contributed by atoms with Gasteiger partial charge in [-0.3, -0.25) is 0 Å². The number of rotatable bonds is 6. The van der Waals surface area contributed by atoms with Gasteiger partial charge in [0.05, 0.1) is 12.9 Å². The van der Waals surface area contributed by atoms with Crippen molar-refractivity contribution < 1.29 is 13.9 Å². The maximum absolute atomic E-state index is 10.5. The molecule has 0 saturated carbocycles. The Morgan fingerprint density at radius 3 is 1.85 bits per heavy atom. The van der Waals surface area contributed by atoms with Crippen LogP contribution in [-0.2, 0) is 4.43 Å². The second-order valence-corrected chi connectivity index (χ2v) is 11.8. The van der Waals surface area contributed by atoms with Crippen molar-refractivity contribution in [3.8, 4) is 0 Å². The van der Waals surface area contributed by atoms with Gasteiger partial charge in [-0.1, -0.05) is 81.4 Å². The molecule has 1 heterocycles. The highest BCUT2D eigenvalue weighted by atomic mass is 28.4. The van der Waals surface area contributed by atoms with E-state index in [2.05, 4.69) is 69.3 Å². The van der Waals surface area contributed by atoms with Crippen LogP contribution < -0.4 is 10.4 Å². The van der Waals surface area contributed by atoms with Gasteiger partial charge in [0.25, 0.3) is 8.32 Å². The summed E-state index contributed by atoms with van der Waals surface area (Å²) < 4.78 is 12.0. The summed E-state index contributed by atoms with van der Waals surface area (Å²) in [4.78, 5) is 0. The van der Waals surface area contributed by atoms with E-state index in [4.69, 9.17) is 8.84 Å². The van der Waals surface area contributed by atoms with Gasteiger partial charge in [-0.05, 0) is 27.5 Å². The molecule has 2 aromatic carbocycles. The second-order valence-electron chi connectivity index (χ2n) is 7.51. The van der Waals surface area contributed by atoms with Gasteiger partial charge < -0.3 is 13.9 Å². The van der Waals surface area contributed by atoms with Crippen molar-refractivity contribution in [2.45, 2.75) is 31.9 Å². The number of aliphatic hydroxyl groups excluding tert-OH is 1. The fourth-order valence-electron chi connectivity index (χ4n) is 3.53. The summed E-state index contributed by atoms with van der Waals surface area (Å²) in [5.41, 5.74) is 0. The third-order valence-corrected chi connectivity index (χ3v) is 9.75. The molecular formula is C22H26O3Si. The van der Waals surface area contributed by atoms with Crippen LogP contribution in [0.25, 0.3) is 0 Å². The largest absolute Gasteiger partial charge is 0.467 e. The lowest BCUT2D eigenvalue weighted by atomic mass is 10.2. The number of furan rings is 1. The van der Waals surface area contributed by atoms with Crippen LogP contribution in [0.1, 0.15) is 32.6 Å². The predicted molar refractivity (Wildman–Crippen MR) is 107 cm³/mol. The van der Waals surface area contributed by atoms with E-state index in [-0.39, 0.29) is 11.6 Å². The van der Waals surface area contributed by atoms with Crippen LogP contribution in [0.4, 0.5) is 0 Å². The minimum absolute atomic E-state index is 0.113. The van der Waals surface area contributed by atoms with Crippen molar-refractivity contribution in [2.24, 2.45) is 0 Å². The van der Waals surface area contributed by atoms with Crippen molar-refractivity contribution >= 4 is 18.7 Å². The Kier molecular flexibility index (Phi) is 5.46. The summed E-state index contributed by atoms with van der Waals surface area (Å²) in [5.74, 6) is 0.530. The standard InChI is InChI=1S/C22H26O3Si/c1-22(2,3)26(18-11-6-4-7-12-18,19-13-8-5-9-14-19)25-17-20(23)21-15-10-16-24-21/h4-16,20,23H,17H2,1-3H3/t20-/m1/s1. The molecule has 136 valence electrons. The SMILES string of the molecule is CC(C)(C)[Si](OC[C@@H](O)c1ccco1)(c1ccccc1)c1ccccc1. The summed E-state index contributed by atoms with van der Waals surface area (Å²) in [6.45, 7) is 6.86. The predicted octanol–water partition coefficient (Wildman–Crippen LogP) is 3.89. The highest BCUT2D eigenvalue weighted by Gasteiger charge is 2.50. The fraction of sp³-hybridized carbons (Fsp3) is 0.273. The van der Waals surface area contributed by atoms with Gasteiger partial charge in [0, 0.05) is 0 Å². The second kappa shape index (κ2) is 7.62. The van der Waals surface area contributed by atoms with E-state index in [9.17, 15) is 5.11 Å². The molecule has 0 saturated heterocycles. The molecule has 1 aromatic heterocycles. The molecule has 26 heavy (non-hydrogen) atoms. The summed E-state index contributed by atoms with van der Waals surface area (Å²) in [5, 5.41) is 12.8. The van der Waals surface area contributed by atoms with Crippen LogP contribution in [0.2, 0.25) is 5.04 Å². The Bertz CT molecular complexity index is 753. The van der Waals surface area contributed by atoms with Crippen molar-refractivity contribution in [1.29, 1.82) is 0 Å². The number of benzene rings is 2. The average Bonchev–Trinajstić information content (AvgIpc) is 3.17. The first-order valence-electron chi connectivity index (χ1n) is 8.91. The Labute approximate surface area is 156 Å². The molecule has 0 aliphatic rings. The molecule has 4 heteroatoms. The maximum atomic E-state index is 10.5. The molecule has 3 rings (SSSR count). The molecule has 0 spiro atoms. The minimum Gasteiger partial charge on any atom is -0.467 e. The number of hydrogen-bond acceptors (Lipinski definition) is 3. The Hall–Kier alpha value is -2.14. The van der Waals surface area contributed by atoms with E-state index in [0.717, 1.165) is 0 Å². The average molecular weight is 367 g/mol. The van der Waals surface area contributed by atoms with E-state index in [1.807, 2.05) is 12.1 Å². The van der Waals surface area contributed by atoms with Gasteiger partial charge >= 0.3 is 0 Å². The fourth-order valence-corrected chi connectivity index (χ4v) is 8.09. The summed E-state index contributed by atoms with van der Waals surface area (Å²) >= 11 is 0. The molecule has 0 amide bonds. The van der Waals surface area contributed by atoms with Crippen LogP contribution in [0, 0.1) is 0 Å². The lowest BCUT2D eigenvalue weighted by Crippen LogP contribution is -2.66. The molecule has 0 radical (unpaired) electrons. The number of aliphatic hydroxyl groups is 1. The lowest BCUT2D eigenvalue weighted by molar-refractivity contribution is 0.0842. The zero-order valence-electron chi connectivity index (χ0n) is 15.6. The van der Waals surface area contributed by atoms with Crippen molar-refractivity contribution in [1.82, 2.24) is 0 Å². The van der Waals surface area contributed by atoms with E-state index >= 15 is 0 Å².